The van der Waals surface area contributed by atoms with Crippen LogP contribution >= 0.6 is 7.82 Å². The van der Waals surface area contributed by atoms with Crippen molar-refractivity contribution < 1.29 is 77.7 Å². The Bertz CT molecular complexity index is 1260. The topological polar surface area (TPSA) is 323 Å². The van der Waals surface area contributed by atoms with Gasteiger partial charge in [0, 0.05) is 13.1 Å². The first-order chi connectivity index (χ1) is 19.5. The van der Waals surface area contributed by atoms with Crippen LogP contribution in [0.15, 0.2) is 17.1 Å². The van der Waals surface area contributed by atoms with Crippen molar-refractivity contribution in [3.8, 4) is 0 Å². The summed E-state index contributed by atoms with van der Waals surface area (Å²) < 4.78 is 48.4. The molecule has 11 N–H and O–H groups in total. The van der Waals surface area contributed by atoms with Crippen molar-refractivity contribution in [3.63, 3.8) is 0 Å². The third-order valence-corrected chi connectivity index (χ3v) is 7.37. The molecule has 42 heavy (non-hydrogen) atoms. The number of nitrogen functional groups attached to an aromatic ring is 1. The van der Waals surface area contributed by atoms with Gasteiger partial charge < -0.3 is 61.2 Å². The Morgan fingerprint density at radius 2 is 1.93 bits per heavy atom. The Labute approximate surface area is 234 Å². The quantitative estimate of drug-likeness (QED) is 0.102. The third-order valence-electron chi connectivity index (χ3n) is 6.40. The molecule has 20 nitrogen and oxygen atoms in total. The smallest absolute Gasteiger partial charge is 0.475 e. The van der Waals surface area contributed by atoms with Gasteiger partial charge in [-0.3, -0.25) is 13.9 Å². The molecule has 2 aliphatic rings. The van der Waals surface area contributed by atoms with E-state index in [1.165, 1.54) is 6.07 Å². The molecule has 1 amide bonds. The molecule has 1 aromatic rings. The minimum absolute atomic E-state index is 0.167. The summed E-state index contributed by atoms with van der Waals surface area (Å²) in [5.74, 6) is -7.48. The SMILES string of the molecule is CC(=O)N[C@@H]1[C@@H](O)[C@@H](F)C(OP(=O)(O)OC[C@H]2O[C@@H](n3ccc(N)nc3=O)[C@H](O)[C@@H]2O)(C(=O)O)O[C@H]1[C@H](O)[C@H](O)CO. The number of halogens is 1. The van der Waals surface area contributed by atoms with Gasteiger partial charge >= 0.3 is 25.3 Å². The zero-order valence-electron chi connectivity index (χ0n) is 21.5. The molecule has 0 radical (unpaired) electrons. The Balaban J connectivity index is 1.83. The summed E-state index contributed by atoms with van der Waals surface area (Å²) >= 11 is 0. The number of carbonyl (C=O) groups is 2. The number of nitrogens with zero attached hydrogens (tertiary/aromatic N) is 2. The molecule has 238 valence electrons. The number of hydrogen-bond acceptors (Lipinski definition) is 16. The number of nitrogens with two attached hydrogens (primary N) is 1. The zero-order chi connectivity index (χ0) is 31.7. The molecule has 2 unspecified atom stereocenters. The van der Waals surface area contributed by atoms with Crippen molar-refractivity contribution in [1.82, 2.24) is 14.9 Å². The van der Waals surface area contributed by atoms with Crippen LogP contribution in [0, 0.1) is 0 Å². The first-order valence-electron chi connectivity index (χ1n) is 12.0. The largest absolute Gasteiger partial charge is 0.477 e. The van der Waals surface area contributed by atoms with Crippen LogP contribution in [-0.2, 0) is 32.7 Å². The van der Waals surface area contributed by atoms with Crippen molar-refractivity contribution in [1.29, 1.82) is 0 Å². The Kier molecular flexibility index (Phi) is 10.4. The molecular formula is C20H30FN4O16P. The number of hydrogen-bond donors (Lipinski definition) is 10. The molecule has 12 atom stereocenters. The highest BCUT2D eigenvalue weighted by molar-refractivity contribution is 7.47. The molecule has 3 heterocycles. The summed E-state index contributed by atoms with van der Waals surface area (Å²) in [5, 5.41) is 72.2. The Morgan fingerprint density at radius 1 is 1.29 bits per heavy atom. The molecule has 1 aromatic heterocycles. The van der Waals surface area contributed by atoms with Crippen molar-refractivity contribution in [2.24, 2.45) is 0 Å². The monoisotopic (exact) mass is 632 g/mol. The number of phosphoric ester groups is 1. The van der Waals surface area contributed by atoms with Gasteiger partial charge in [-0.2, -0.15) is 4.98 Å². The molecule has 0 aromatic carbocycles. The van der Waals surface area contributed by atoms with Crippen LogP contribution in [0.2, 0.25) is 0 Å². The van der Waals surface area contributed by atoms with Gasteiger partial charge in [-0.05, 0) is 6.07 Å². The van der Waals surface area contributed by atoms with Crippen molar-refractivity contribution in [3.05, 3.63) is 22.7 Å². The van der Waals surface area contributed by atoms with E-state index in [1.54, 1.807) is 0 Å². The number of phosphoric acid groups is 1. The van der Waals surface area contributed by atoms with E-state index in [4.69, 9.17) is 20.3 Å². The molecule has 2 aliphatic heterocycles. The van der Waals surface area contributed by atoms with Gasteiger partial charge in [0.25, 0.3) is 0 Å². The highest BCUT2D eigenvalue weighted by Crippen LogP contribution is 2.52. The molecule has 0 aliphatic carbocycles. The molecule has 0 spiro atoms. The van der Waals surface area contributed by atoms with Gasteiger partial charge in [-0.1, -0.05) is 0 Å². The summed E-state index contributed by atoms with van der Waals surface area (Å²) in [5.41, 5.74) is 4.40. The average molecular weight is 632 g/mol. The van der Waals surface area contributed by atoms with E-state index in [0.717, 1.165) is 17.7 Å². The molecule has 2 fully saturated rings. The number of aliphatic hydroxyl groups is 6. The minimum atomic E-state index is -5.79. The number of aliphatic carboxylic acids is 1. The van der Waals surface area contributed by atoms with Gasteiger partial charge in [0.15, 0.2) is 12.4 Å². The second-order valence-electron chi connectivity index (χ2n) is 9.36. The second kappa shape index (κ2) is 12.9. The molecular weight excluding hydrogens is 602 g/mol. The van der Waals surface area contributed by atoms with Crippen LogP contribution in [0.1, 0.15) is 13.2 Å². The van der Waals surface area contributed by atoms with Gasteiger partial charge in [0.2, 0.25) is 5.91 Å². The number of carbonyl (C=O) groups excluding carboxylic acids is 1. The number of anilines is 1. The molecule has 22 heteroatoms. The summed E-state index contributed by atoms with van der Waals surface area (Å²) in [4.78, 5) is 49.5. The van der Waals surface area contributed by atoms with E-state index in [-0.39, 0.29) is 5.82 Å². The number of rotatable bonds is 11. The maximum atomic E-state index is 15.4. The van der Waals surface area contributed by atoms with Crippen LogP contribution in [0.3, 0.4) is 0 Å². The fourth-order valence-electron chi connectivity index (χ4n) is 4.31. The van der Waals surface area contributed by atoms with Crippen LogP contribution in [-0.4, -0.2) is 136 Å². The van der Waals surface area contributed by atoms with E-state index in [2.05, 4.69) is 14.0 Å². The highest BCUT2D eigenvalue weighted by atomic mass is 31.2. The number of amides is 1. The van der Waals surface area contributed by atoms with Gasteiger partial charge in [0.05, 0.1) is 19.3 Å². The van der Waals surface area contributed by atoms with Crippen LogP contribution in [0.4, 0.5) is 10.2 Å². The Hall–Kier alpha value is -2.66. The summed E-state index contributed by atoms with van der Waals surface area (Å²) in [6.07, 6.45) is -18.4. The van der Waals surface area contributed by atoms with E-state index in [9.17, 15) is 54.5 Å². The lowest BCUT2D eigenvalue weighted by Crippen LogP contribution is -2.73. The number of carboxylic acids is 1. The average Bonchev–Trinajstić information content (AvgIpc) is 3.19. The lowest BCUT2D eigenvalue weighted by Gasteiger charge is -2.48. The van der Waals surface area contributed by atoms with Crippen LogP contribution in [0.5, 0.6) is 0 Å². The van der Waals surface area contributed by atoms with Gasteiger partial charge in [-0.15, -0.1) is 0 Å². The maximum absolute atomic E-state index is 15.4. The molecule has 0 bridgehead atoms. The first kappa shape index (κ1) is 33.8. The predicted molar refractivity (Wildman–Crippen MR) is 129 cm³/mol. The number of aromatic nitrogens is 2. The summed E-state index contributed by atoms with van der Waals surface area (Å²) in [6, 6.07) is -0.795. The van der Waals surface area contributed by atoms with Gasteiger partial charge in [0.1, 0.15) is 48.5 Å². The summed E-state index contributed by atoms with van der Waals surface area (Å²) in [7, 11) is -5.79. The number of carboxylic acid groups (broad SMARTS) is 1. The number of ether oxygens (including phenoxy) is 2. The second-order valence-corrected chi connectivity index (χ2v) is 10.7. The number of aliphatic hydroxyl groups excluding tert-OH is 6. The predicted octanol–water partition coefficient (Wildman–Crippen LogP) is -5.32. The van der Waals surface area contributed by atoms with Crippen molar-refractivity contribution >= 4 is 25.5 Å². The first-order valence-corrected chi connectivity index (χ1v) is 13.5. The van der Waals surface area contributed by atoms with Gasteiger partial charge in [-0.25, -0.2) is 23.1 Å². The number of nitrogens with one attached hydrogen (secondary N) is 1. The van der Waals surface area contributed by atoms with Crippen molar-refractivity contribution in [2.75, 3.05) is 18.9 Å². The third kappa shape index (κ3) is 6.77. The van der Waals surface area contributed by atoms with E-state index in [0.29, 0.717) is 0 Å². The van der Waals surface area contributed by atoms with E-state index < -0.39 is 106 Å². The maximum Gasteiger partial charge on any atom is 0.475 e. The van der Waals surface area contributed by atoms with Crippen molar-refractivity contribution in [2.45, 2.75) is 73.9 Å². The fourth-order valence-corrected chi connectivity index (χ4v) is 5.27. The van der Waals surface area contributed by atoms with Crippen LogP contribution < -0.4 is 16.7 Å². The normalized spacial score (nSPS) is 36.1. The Morgan fingerprint density at radius 3 is 2.48 bits per heavy atom. The van der Waals surface area contributed by atoms with Crippen LogP contribution in [0.25, 0.3) is 0 Å². The van der Waals surface area contributed by atoms with E-state index >= 15 is 4.39 Å². The molecule has 3 rings (SSSR count). The number of alkyl halides is 1. The highest BCUT2D eigenvalue weighted by Gasteiger charge is 2.65. The summed E-state index contributed by atoms with van der Waals surface area (Å²) in [6.45, 7) is -1.39. The lowest BCUT2D eigenvalue weighted by atomic mass is 9.87. The fraction of sp³-hybridized carbons (Fsp3) is 0.700. The minimum Gasteiger partial charge on any atom is -0.477 e. The zero-order valence-corrected chi connectivity index (χ0v) is 22.4. The lowest BCUT2D eigenvalue weighted by molar-refractivity contribution is -0.314. The van der Waals surface area contributed by atoms with E-state index in [1.807, 2.05) is 5.32 Å². The molecule has 0 saturated carbocycles. The standard InChI is InChI=1S/C20H30FN4O16P/c1-6(27)23-10-13(31)16(21)20(18(33)34,40-15(10)11(29)7(28)4-26)41-42(36,37)38-5-8-12(30)14(32)17(39-8)25-3-2-9(22)24-19(25)35/h2-3,7-8,10-17,26,28-32H,4-5H2,1H3,(H,23,27)(H,33,34)(H,36,37)(H2,22,24,35)/t7-,8-,10-,11-,12-,13-,14-,15-,16-,17-,20?/m1/s1. The molecule has 2 saturated heterocycles.